The molecule has 2 aromatic carbocycles. The third-order valence-corrected chi connectivity index (χ3v) is 5.73. The predicted molar refractivity (Wildman–Crippen MR) is 121 cm³/mol. The smallest absolute Gasteiger partial charge is 0.337 e. The van der Waals surface area contributed by atoms with Crippen LogP contribution in [-0.4, -0.2) is 37.3 Å². The molecule has 0 aliphatic rings. The van der Waals surface area contributed by atoms with E-state index in [9.17, 15) is 18.0 Å². The second-order valence-electron chi connectivity index (χ2n) is 8.05. The summed E-state index contributed by atoms with van der Waals surface area (Å²) in [5.41, 5.74) is 2.06. The molecule has 0 fully saturated rings. The Bertz CT molecular complexity index is 997. The van der Waals surface area contributed by atoms with E-state index in [2.05, 4.69) is 0 Å². The van der Waals surface area contributed by atoms with E-state index in [0.29, 0.717) is 0 Å². The summed E-state index contributed by atoms with van der Waals surface area (Å²) >= 11 is 5.35. The molecule has 32 heavy (non-hydrogen) atoms. The van der Waals surface area contributed by atoms with Gasteiger partial charge in [0.15, 0.2) is 6.10 Å². The minimum absolute atomic E-state index is 0.0475. The van der Waals surface area contributed by atoms with E-state index in [1.165, 1.54) is 0 Å². The van der Waals surface area contributed by atoms with E-state index >= 15 is 0 Å². The molecule has 0 saturated carbocycles. The second-order valence-corrected chi connectivity index (χ2v) is 10.2. The zero-order valence-corrected chi connectivity index (χ0v) is 19.8. The summed E-state index contributed by atoms with van der Waals surface area (Å²) in [6, 6.07) is 17.4. The van der Waals surface area contributed by atoms with Gasteiger partial charge in [-0.2, -0.15) is 8.42 Å². The lowest BCUT2D eigenvalue weighted by molar-refractivity contribution is -0.164. The fourth-order valence-corrected chi connectivity index (χ4v) is 3.42. The number of alkyl halides is 1. The molecular formula is C23H27ClO7S. The summed E-state index contributed by atoms with van der Waals surface area (Å²) in [5.74, 6) is -1.49. The van der Waals surface area contributed by atoms with E-state index in [0.717, 1.165) is 16.7 Å². The summed E-state index contributed by atoms with van der Waals surface area (Å²) in [6.45, 7) is 4.95. The zero-order valence-electron chi connectivity index (χ0n) is 18.2. The van der Waals surface area contributed by atoms with Gasteiger partial charge in [0.1, 0.15) is 17.4 Å². The lowest BCUT2D eigenvalue weighted by Crippen LogP contribution is -2.35. The summed E-state index contributed by atoms with van der Waals surface area (Å²) < 4.78 is 38.6. The first-order valence-corrected chi connectivity index (χ1v) is 12.1. The molecular weight excluding hydrogens is 456 g/mol. The number of carbonyl (C=O) groups is 2. The molecule has 0 bridgehead atoms. The van der Waals surface area contributed by atoms with E-state index in [-0.39, 0.29) is 19.4 Å². The molecule has 7 nitrogen and oxygen atoms in total. The Hall–Kier alpha value is -2.42. The first-order valence-electron chi connectivity index (χ1n) is 9.99. The predicted octanol–water partition coefficient (Wildman–Crippen LogP) is 4.43. The van der Waals surface area contributed by atoms with Crippen molar-refractivity contribution in [3.8, 4) is 11.1 Å². The molecule has 174 valence electrons. The van der Waals surface area contributed by atoms with Crippen molar-refractivity contribution in [2.75, 3.05) is 5.21 Å². The molecule has 0 radical (unpaired) electrons. The second kappa shape index (κ2) is 11.4. The molecule has 0 spiro atoms. The molecule has 0 N–H and O–H groups in total. The number of hydrogen-bond acceptors (Lipinski definition) is 7. The Labute approximate surface area is 193 Å². The average molecular weight is 483 g/mol. The lowest BCUT2D eigenvalue weighted by atomic mass is 10.0. The molecule has 9 heteroatoms. The summed E-state index contributed by atoms with van der Waals surface area (Å²) in [5, 5.41) is -0.824. The standard InChI is InChI=1S/C23H27ClO7S/c1-23(2,3)30-22(26)20(31-32(27,28)16-24)13-14-21(25)29-15-17-9-11-19(12-10-17)18-7-5-4-6-8-18/h4-12,20H,13-16H2,1-3H3. The Morgan fingerprint density at radius 2 is 1.56 bits per heavy atom. The van der Waals surface area contributed by atoms with Gasteiger partial charge in [0.05, 0.1) is 0 Å². The van der Waals surface area contributed by atoms with Crippen LogP contribution in [0.4, 0.5) is 0 Å². The Kier molecular flexibility index (Phi) is 9.24. The molecule has 2 rings (SSSR count). The van der Waals surface area contributed by atoms with Gasteiger partial charge < -0.3 is 9.47 Å². The number of carbonyl (C=O) groups excluding carboxylic acids is 2. The monoisotopic (exact) mass is 482 g/mol. The van der Waals surface area contributed by atoms with E-state index < -0.39 is 39.0 Å². The molecule has 1 unspecified atom stereocenters. The van der Waals surface area contributed by atoms with Crippen molar-refractivity contribution < 1.29 is 31.7 Å². The van der Waals surface area contributed by atoms with Crippen LogP contribution in [-0.2, 0) is 40.0 Å². The van der Waals surface area contributed by atoms with E-state index in [1.807, 2.05) is 54.6 Å². The van der Waals surface area contributed by atoms with Gasteiger partial charge in [0.25, 0.3) is 10.1 Å². The van der Waals surface area contributed by atoms with Crippen molar-refractivity contribution >= 4 is 33.7 Å². The van der Waals surface area contributed by atoms with Gasteiger partial charge in [-0.05, 0) is 43.9 Å². The lowest BCUT2D eigenvalue weighted by Gasteiger charge is -2.23. The molecule has 1 atom stereocenters. The van der Waals surface area contributed by atoms with Crippen molar-refractivity contribution in [2.45, 2.75) is 51.9 Å². The Morgan fingerprint density at radius 1 is 0.969 bits per heavy atom. The number of esters is 2. The van der Waals surface area contributed by atoms with Crippen molar-refractivity contribution in [3.05, 3.63) is 60.2 Å². The highest BCUT2D eigenvalue weighted by atomic mass is 35.5. The maximum absolute atomic E-state index is 12.3. The minimum Gasteiger partial charge on any atom is -0.461 e. The zero-order chi connectivity index (χ0) is 23.8. The highest BCUT2D eigenvalue weighted by molar-refractivity contribution is 7.87. The van der Waals surface area contributed by atoms with Gasteiger partial charge >= 0.3 is 11.9 Å². The molecule has 0 heterocycles. The van der Waals surface area contributed by atoms with Crippen molar-refractivity contribution in [1.29, 1.82) is 0 Å². The summed E-state index contributed by atoms with van der Waals surface area (Å²) in [4.78, 5) is 24.4. The third kappa shape index (κ3) is 8.98. The molecule has 0 aromatic heterocycles. The largest absolute Gasteiger partial charge is 0.461 e. The highest BCUT2D eigenvalue weighted by Gasteiger charge is 2.31. The molecule has 2 aromatic rings. The van der Waals surface area contributed by atoms with Crippen molar-refractivity contribution in [3.63, 3.8) is 0 Å². The molecule has 0 amide bonds. The fraction of sp³-hybridized carbons (Fsp3) is 0.391. The third-order valence-electron chi connectivity index (χ3n) is 4.14. The number of hydrogen-bond donors (Lipinski definition) is 0. The van der Waals surface area contributed by atoms with Gasteiger partial charge in [-0.1, -0.05) is 54.6 Å². The topological polar surface area (TPSA) is 96.0 Å². The highest BCUT2D eigenvalue weighted by Crippen LogP contribution is 2.20. The van der Waals surface area contributed by atoms with Gasteiger partial charge in [0, 0.05) is 6.42 Å². The van der Waals surface area contributed by atoms with Crippen LogP contribution in [0.3, 0.4) is 0 Å². The molecule has 0 saturated heterocycles. The van der Waals surface area contributed by atoms with E-state index in [4.69, 9.17) is 25.3 Å². The number of ether oxygens (including phenoxy) is 2. The van der Waals surface area contributed by atoms with Crippen molar-refractivity contribution in [2.24, 2.45) is 0 Å². The van der Waals surface area contributed by atoms with Crippen LogP contribution in [0, 0.1) is 0 Å². The Morgan fingerprint density at radius 3 is 2.12 bits per heavy atom. The van der Waals surface area contributed by atoms with Crippen LogP contribution in [0.5, 0.6) is 0 Å². The van der Waals surface area contributed by atoms with Gasteiger partial charge in [-0.15, -0.1) is 11.6 Å². The Balaban J connectivity index is 1.91. The van der Waals surface area contributed by atoms with Crippen LogP contribution in [0.25, 0.3) is 11.1 Å². The van der Waals surface area contributed by atoms with Gasteiger partial charge in [-0.25, -0.2) is 4.79 Å². The van der Waals surface area contributed by atoms with Crippen LogP contribution < -0.4 is 0 Å². The van der Waals surface area contributed by atoms with Gasteiger partial charge in [-0.3, -0.25) is 8.98 Å². The number of benzene rings is 2. The summed E-state index contributed by atoms with van der Waals surface area (Å²) in [6.07, 6.45) is -1.95. The maximum atomic E-state index is 12.3. The van der Waals surface area contributed by atoms with Crippen LogP contribution in [0.1, 0.15) is 39.2 Å². The molecule has 0 aliphatic heterocycles. The summed E-state index contributed by atoms with van der Waals surface area (Å²) in [7, 11) is -4.14. The fourth-order valence-electron chi connectivity index (χ4n) is 2.68. The van der Waals surface area contributed by atoms with E-state index in [1.54, 1.807) is 20.8 Å². The van der Waals surface area contributed by atoms with Crippen molar-refractivity contribution in [1.82, 2.24) is 0 Å². The number of rotatable bonds is 10. The van der Waals surface area contributed by atoms with Crippen LogP contribution in [0.15, 0.2) is 54.6 Å². The minimum atomic E-state index is -4.14. The molecule has 0 aliphatic carbocycles. The quantitative estimate of drug-likeness (QED) is 0.281. The number of halogens is 1. The first kappa shape index (κ1) is 25.8. The maximum Gasteiger partial charge on any atom is 0.337 e. The van der Waals surface area contributed by atoms with Gasteiger partial charge in [0.2, 0.25) is 0 Å². The SMILES string of the molecule is CC(C)(C)OC(=O)C(CCC(=O)OCc1ccc(-c2ccccc2)cc1)OS(=O)(=O)CCl. The first-order chi connectivity index (χ1) is 15.0. The van der Waals surface area contributed by atoms with Crippen LogP contribution in [0.2, 0.25) is 0 Å². The average Bonchev–Trinajstić information content (AvgIpc) is 2.75. The normalized spacial score (nSPS) is 12.8. The van der Waals surface area contributed by atoms with Crippen LogP contribution >= 0.6 is 11.6 Å².